The summed E-state index contributed by atoms with van der Waals surface area (Å²) in [7, 11) is 2.46. The summed E-state index contributed by atoms with van der Waals surface area (Å²) in [6.45, 7) is 2.78. The molecule has 0 saturated heterocycles. The van der Waals surface area contributed by atoms with Gasteiger partial charge in [0.25, 0.3) is 0 Å². The largest absolute Gasteiger partial charge is 0.450 e. The van der Waals surface area contributed by atoms with E-state index >= 15 is 0 Å². The fourth-order valence-corrected chi connectivity index (χ4v) is 0.719. The second kappa shape index (κ2) is 8.14. The zero-order valence-corrected chi connectivity index (χ0v) is 8.74. The first-order valence-electron chi connectivity index (χ1n) is 4.40. The van der Waals surface area contributed by atoms with Gasteiger partial charge in [-0.3, -0.25) is 4.79 Å². The first kappa shape index (κ1) is 13.8. The zero-order chi connectivity index (χ0) is 11.7. The predicted octanol–water partition coefficient (Wildman–Crippen LogP) is 0.528. The van der Waals surface area contributed by atoms with E-state index in [1.54, 1.807) is 7.11 Å². The third-order valence-corrected chi connectivity index (χ3v) is 1.59. The highest BCUT2D eigenvalue weighted by Gasteiger charge is 2.01. The molecule has 0 aliphatic carbocycles. The van der Waals surface area contributed by atoms with E-state index in [0.29, 0.717) is 11.7 Å². The number of carbonyl (C=O) groups is 1. The molecule has 0 aromatic heterocycles. The quantitative estimate of drug-likeness (QED) is 0.585. The Morgan fingerprint density at radius 2 is 2.20 bits per heavy atom. The van der Waals surface area contributed by atoms with Crippen molar-refractivity contribution in [2.75, 3.05) is 13.7 Å². The van der Waals surface area contributed by atoms with Gasteiger partial charge in [-0.25, -0.2) is 4.39 Å². The minimum atomic E-state index is -0.622. The van der Waals surface area contributed by atoms with Gasteiger partial charge in [-0.2, -0.15) is 0 Å². The fourth-order valence-electron chi connectivity index (χ4n) is 0.719. The molecule has 0 bridgehead atoms. The highest BCUT2D eigenvalue weighted by molar-refractivity contribution is 6.45. The highest BCUT2D eigenvalue weighted by atomic mass is 19.1. The van der Waals surface area contributed by atoms with Crippen LogP contribution >= 0.6 is 0 Å². The van der Waals surface area contributed by atoms with Crippen LogP contribution in [0.3, 0.4) is 0 Å². The van der Waals surface area contributed by atoms with E-state index in [-0.39, 0.29) is 5.56 Å². The Morgan fingerprint density at radius 3 is 2.53 bits per heavy atom. The average molecular weight is 211 g/mol. The molecule has 5 heteroatoms. The number of ether oxygens (including phenoxy) is 1. The maximum atomic E-state index is 12.7. The molecule has 0 saturated carbocycles. The third-order valence-electron chi connectivity index (χ3n) is 1.59. The summed E-state index contributed by atoms with van der Waals surface area (Å²) in [6.07, 6.45) is 0.427. The van der Waals surface area contributed by atoms with Crippen molar-refractivity contribution in [2.45, 2.75) is 6.92 Å². The Bertz CT molecular complexity index is 303. The van der Waals surface area contributed by atoms with Crippen LogP contribution in [0.1, 0.15) is 17.3 Å². The van der Waals surface area contributed by atoms with Crippen molar-refractivity contribution in [1.82, 2.24) is 0 Å². The molecular weight excluding hydrogens is 198 g/mol. The number of hydrogen-bond acceptors (Lipinski definition) is 3. The molecule has 3 nitrogen and oxygen atoms in total. The minimum Gasteiger partial charge on any atom is -0.450 e. The molecule has 0 spiro atoms. The lowest BCUT2D eigenvalue weighted by molar-refractivity contribution is 0.112. The molecule has 1 aromatic rings. The van der Waals surface area contributed by atoms with E-state index in [4.69, 9.17) is 5.02 Å². The lowest BCUT2D eigenvalue weighted by atomic mass is 9.88. The van der Waals surface area contributed by atoms with Crippen molar-refractivity contribution >= 4 is 19.2 Å². The van der Waals surface area contributed by atoms with E-state index < -0.39 is 5.82 Å². The van der Waals surface area contributed by atoms with Gasteiger partial charge < -0.3 is 9.76 Å². The molecule has 1 rings (SSSR count). The molecule has 0 aliphatic rings. The Labute approximate surface area is 89.2 Å². The average Bonchev–Trinajstić information content (AvgIpc) is 2.29. The van der Waals surface area contributed by atoms with Crippen molar-refractivity contribution in [2.24, 2.45) is 0 Å². The van der Waals surface area contributed by atoms with Crippen molar-refractivity contribution in [3.8, 4) is 0 Å². The molecule has 0 heterocycles. The predicted molar refractivity (Wildman–Crippen MR) is 56.9 cm³/mol. The smallest absolute Gasteiger partial charge is 0.326 e. The van der Waals surface area contributed by atoms with Crippen LogP contribution < -0.4 is 5.46 Å². The van der Waals surface area contributed by atoms with Crippen LogP contribution in [0.15, 0.2) is 18.2 Å². The topological polar surface area (TPSA) is 46.5 Å². The number of benzene rings is 1. The van der Waals surface area contributed by atoms with Crippen molar-refractivity contribution in [1.29, 1.82) is 0 Å². The SMILES string of the molecule is CCOC.O=Cc1ccc([B]O)cc1F. The van der Waals surface area contributed by atoms with Gasteiger partial charge in [0.05, 0.1) is 0 Å². The summed E-state index contributed by atoms with van der Waals surface area (Å²) in [5.74, 6) is -0.622. The van der Waals surface area contributed by atoms with Crippen LogP contribution in [0.4, 0.5) is 4.39 Å². The van der Waals surface area contributed by atoms with E-state index in [1.165, 1.54) is 12.1 Å². The first-order chi connectivity index (χ1) is 7.19. The van der Waals surface area contributed by atoms with Crippen molar-refractivity contribution in [3.63, 3.8) is 0 Å². The van der Waals surface area contributed by atoms with E-state index in [2.05, 4.69) is 4.74 Å². The van der Waals surface area contributed by atoms with Crippen LogP contribution in [-0.4, -0.2) is 32.5 Å². The molecule has 81 valence electrons. The molecule has 0 amide bonds. The van der Waals surface area contributed by atoms with Gasteiger partial charge in [-0.1, -0.05) is 11.5 Å². The number of hydrogen-bond donors (Lipinski definition) is 1. The summed E-state index contributed by atoms with van der Waals surface area (Å²) in [5.41, 5.74) is 0.337. The summed E-state index contributed by atoms with van der Waals surface area (Å²) >= 11 is 0. The lowest BCUT2D eigenvalue weighted by Gasteiger charge is -1.95. The van der Waals surface area contributed by atoms with Gasteiger partial charge in [0.1, 0.15) is 5.82 Å². The summed E-state index contributed by atoms with van der Waals surface area (Å²) in [4.78, 5) is 10.1. The summed E-state index contributed by atoms with van der Waals surface area (Å²) in [6, 6.07) is 3.85. The molecule has 0 atom stereocenters. The van der Waals surface area contributed by atoms with Crippen LogP contribution in [0.5, 0.6) is 0 Å². The molecule has 0 aliphatic heterocycles. The summed E-state index contributed by atoms with van der Waals surface area (Å²) in [5, 5.41) is 8.45. The number of halogens is 1. The highest BCUT2D eigenvalue weighted by Crippen LogP contribution is 2.00. The van der Waals surface area contributed by atoms with Gasteiger partial charge in [0.2, 0.25) is 0 Å². The third kappa shape index (κ3) is 5.29. The van der Waals surface area contributed by atoms with Crippen LogP contribution in [-0.2, 0) is 4.74 Å². The van der Waals surface area contributed by atoms with Crippen molar-refractivity contribution < 1.29 is 18.9 Å². The first-order valence-corrected chi connectivity index (χ1v) is 4.40. The van der Waals surface area contributed by atoms with Gasteiger partial charge in [0, 0.05) is 19.3 Å². The van der Waals surface area contributed by atoms with Gasteiger partial charge >= 0.3 is 7.48 Å². The second-order valence-electron chi connectivity index (χ2n) is 2.61. The molecule has 1 N–H and O–H groups in total. The Balaban J connectivity index is 0.000000423. The standard InChI is InChI=1S/C7H5BFO2.C3H8O/c9-7-3-6(8-11)2-1-5(7)4-10;1-3-4-2/h1-4,11H;3H2,1-2H3. The lowest BCUT2D eigenvalue weighted by Crippen LogP contribution is -2.14. The van der Waals surface area contributed by atoms with Crippen LogP contribution in [0.25, 0.3) is 0 Å². The van der Waals surface area contributed by atoms with Crippen LogP contribution in [0, 0.1) is 5.82 Å². The molecule has 0 fully saturated rings. The Kier molecular flexibility index (Phi) is 7.49. The summed E-state index contributed by atoms with van der Waals surface area (Å²) < 4.78 is 17.2. The number of aldehydes is 1. The molecule has 15 heavy (non-hydrogen) atoms. The van der Waals surface area contributed by atoms with E-state index in [9.17, 15) is 9.18 Å². The number of carbonyl (C=O) groups excluding carboxylic acids is 1. The monoisotopic (exact) mass is 211 g/mol. The molecular formula is C10H13BFO3. The maximum absolute atomic E-state index is 12.7. The zero-order valence-electron chi connectivity index (χ0n) is 8.74. The normalized spacial score (nSPS) is 8.80. The van der Waals surface area contributed by atoms with Gasteiger partial charge in [0.15, 0.2) is 6.29 Å². The number of methoxy groups -OCH3 is 1. The Hall–Kier alpha value is -1.20. The van der Waals surface area contributed by atoms with E-state index in [1.807, 2.05) is 6.92 Å². The Morgan fingerprint density at radius 1 is 1.60 bits per heavy atom. The molecule has 1 radical (unpaired) electrons. The number of rotatable bonds is 3. The minimum absolute atomic E-state index is 0.00407. The van der Waals surface area contributed by atoms with Gasteiger partial charge in [-0.05, 0) is 19.1 Å². The maximum Gasteiger partial charge on any atom is 0.326 e. The molecule has 1 aromatic carbocycles. The van der Waals surface area contributed by atoms with Gasteiger partial charge in [-0.15, -0.1) is 0 Å². The molecule has 0 unspecified atom stereocenters. The van der Waals surface area contributed by atoms with Crippen molar-refractivity contribution in [3.05, 3.63) is 29.6 Å². The van der Waals surface area contributed by atoms with Crippen LogP contribution in [0.2, 0.25) is 0 Å². The fraction of sp³-hybridized carbons (Fsp3) is 0.300. The second-order valence-corrected chi connectivity index (χ2v) is 2.61. The van der Waals surface area contributed by atoms with E-state index in [0.717, 1.165) is 20.2 Å².